The number of benzene rings is 4. The summed E-state index contributed by atoms with van der Waals surface area (Å²) in [6.07, 6.45) is 0. The molecule has 0 aliphatic carbocycles. The Morgan fingerprint density at radius 2 is 1.54 bits per heavy atom. The van der Waals surface area contributed by atoms with Crippen LogP contribution in [0.25, 0.3) is 27.5 Å². The molecule has 0 radical (unpaired) electrons. The molecule has 2 aliphatic rings. The van der Waals surface area contributed by atoms with Crippen LogP contribution in [0.5, 0.6) is 11.5 Å². The zero-order valence-electron chi connectivity index (χ0n) is 15.4. The van der Waals surface area contributed by atoms with E-state index in [1.807, 2.05) is 0 Å². The van der Waals surface area contributed by atoms with Gasteiger partial charge in [0.25, 0.3) is 6.71 Å². The average molecular weight is 357 g/mol. The molecule has 0 saturated heterocycles. The fourth-order valence-electron chi connectivity index (χ4n) is 5.27. The Bertz CT molecular complexity index is 1460. The number of ether oxygens (including phenoxy) is 1. The molecule has 0 N–H and O–H groups in total. The lowest BCUT2D eigenvalue weighted by atomic mass is 9.34. The van der Waals surface area contributed by atoms with Crippen molar-refractivity contribution in [2.75, 3.05) is 0 Å². The summed E-state index contributed by atoms with van der Waals surface area (Å²) in [6, 6.07) is 28.3. The van der Waals surface area contributed by atoms with Crippen LogP contribution in [0.1, 0.15) is 5.56 Å². The molecule has 7 rings (SSSR count). The first-order chi connectivity index (χ1) is 13.8. The van der Waals surface area contributed by atoms with Crippen molar-refractivity contribution in [1.82, 2.24) is 4.57 Å². The van der Waals surface area contributed by atoms with Gasteiger partial charge in [-0.1, -0.05) is 54.6 Å². The van der Waals surface area contributed by atoms with Gasteiger partial charge >= 0.3 is 0 Å². The van der Waals surface area contributed by atoms with E-state index >= 15 is 0 Å². The molecule has 0 amide bonds. The molecule has 0 spiro atoms. The summed E-state index contributed by atoms with van der Waals surface area (Å²) in [6.45, 7) is 2.37. The standard InChI is InChI=1S/C25H16BNO/c1-15-14-17-16-8-2-5-11-20(16)27-21-12-6-3-9-18(21)26-19-10-4-7-13-22(19)28-25(15)23(26)24(17)27/h2-14H,1H3. The van der Waals surface area contributed by atoms with Crippen molar-refractivity contribution in [3.8, 4) is 17.2 Å². The Morgan fingerprint density at radius 3 is 2.46 bits per heavy atom. The van der Waals surface area contributed by atoms with Gasteiger partial charge in [-0.15, -0.1) is 0 Å². The Balaban J connectivity index is 1.79. The maximum absolute atomic E-state index is 6.47. The fraction of sp³-hybridized carbons (Fsp3) is 0.0400. The van der Waals surface area contributed by atoms with Crippen LogP contribution in [-0.2, 0) is 0 Å². The number of aryl methyl sites for hydroxylation is 1. The first kappa shape index (κ1) is 14.6. The van der Waals surface area contributed by atoms with E-state index in [4.69, 9.17) is 4.74 Å². The third-order valence-corrected chi connectivity index (χ3v) is 6.35. The first-order valence-electron chi connectivity index (χ1n) is 9.75. The highest BCUT2D eigenvalue weighted by Crippen LogP contribution is 2.39. The SMILES string of the molecule is Cc1cc2c3ccccc3n3c2c2c1Oc1ccccc1B2c1ccccc1-3. The minimum atomic E-state index is 0.204. The van der Waals surface area contributed by atoms with Gasteiger partial charge in [0.1, 0.15) is 11.5 Å². The Kier molecular flexibility index (Phi) is 2.54. The number of para-hydroxylation sites is 3. The van der Waals surface area contributed by atoms with Crippen molar-refractivity contribution in [1.29, 1.82) is 0 Å². The Morgan fingerprint density at radius 1 is 0.786 bits per heavy atom. The van der Waals surface area contributed by atoms with E-state index < -0.39 is 0 Å². The second kappa shape index (κ2) is 4.88. The highest BCUT2D eigenvalue weighted by atomic mass is 16.5. The van der Waals surface area contributed by atoms with E-state index in [9.17, 15) is 0 Å². The molecular weight excluding hydrogens is 341 g/mol. The molecule has 3 heteroatoms. The van der Waals surface area contributed by atoms with Crippen molar-refractivity contribution >= 4 is 44.9 Å². The minimum Gasteiger partial charge on any atom is -0.458 e. The molecule has 28 heavy (non-hydrogen) atoms. The maximum atomic E-state index is 6.47. The molecule has 2 nitrogen and oxygen atoms in total. The van der Waals surface area contributed by atoms with E-state index in [1.165, 1.54) is 49.4 Å². The average Bonchev–Trinajstić information content (AvgIpc) is 3.08. The van der Waals surface area contributed by atoms with E-state index in [-0.39, 0.29) is 6.71 Å². The van der Waals surface area contributed by atoms with Crippen LogP contribution < -0.4 is 21.1 Å². The molecular formula is C25H16BNO. The van der Waals surface area contributed by atoms with Crippen LogP contribution >= 0.6 is 0 Å². The number of hydrogen-bond acceptors (Lipinski definition) is 1. The van der Waals surface area contributed by atoms with Crippen molar-refractivity contribution < 1.29 is 4.74 Å². The second-order valence-corrected chi connectivity index (χ2v) is 7.82. The van der Waals surface area contributed by atoms with Gasteiger partial charge in [-0.25, -0.2) is 0 Å². The molecule has 0 unspecified atom stereocenters. The van der Waals surface area contributed by atoms with Crippen molar-refractivity contribution in [2.45, 2.75) is 6.92 Å². The Labute approximate surface area is 163 Å². The molecule has 4 aromatic carbocycles. The van der Waals surface area contributed by atoms with Gasteiger partial charge < -0.3 is 9.30 Å². The minimum absolute atomic E-state index is 0.204. The fourth-order valence-corrected chi connectivity index (χ4v) is 5.27. The summed E-state index contributed by atoms with van der Waals surface area (Å²) in [5, 5.41) is 2.62. The smallest absolute Gasteiger partial charge is 0.256 e. The molecule has 130 valence electrons. The number of hydrogen-bond donors (Lipinski definition) is 0. The molecule has 0 saturated carbocycles. The number of rotatable bonds is 0. The van der Waals surface area contributed by atoms with Crippen LogP contribution in [0, 0.1) is 6.92 Å². The van der Waals surface area contributed by atoms with Gasteiger partial charge in [0, 0.05) is 16.5 Å². The summed E-state index contributed by atoms with van der Waals surface area (Å²) >= 11 is 0. The summed E-state index contributed by atoms with van der Waals surface area (Å²) in [7, 11) is 0. The zero-order chi connectivity index (χ0) is 18.4. The van der Waals surface area contributed by atoms with E-state index in [0.717, 1.165) is 11.5 Å². The van der Waals surface area contributed by atoms with Crippen LogP contribution in [0.2, 0.25) is 0 Å². The van der Waals surface area contributed by atoms with E-state index in [1.54, 1.807) is 0 Å². The molecule has 1 aromatic heterocycles. The second-order valence-electron chi connectivity index (χ2n) is 7.82. The first-order valence-corrected chi connectivity index (χ1v) is 9.75. The van der Waals surface area contributed by atoms with Gasteiger partial charge in [0.05, 0.1) is 11.0 Å². The highest BCUT2D eigenvalue weighted by Gasteiger charge is 2.40. The predicted molar refractivity (Wildman–Crippen MR) is 117 cm³/mol. The number of fused-ring (bicyclic) bond motifs is 8. The summed E-state index contributed by atoms with van der Waals surface area (Å²) in [4.78, 5) is 0. The van der Waals surface area contributed by atoms with Crippen molar-refractivity contribution in [3.05, 3.63) is 84.4 Å². The van der Waals surface area contributed by atoms with Gasteiger partial charge in [-0.05, 0) is 53.1 Å². The quantitative estimate of drug-likeness (QED) is 0.374. The third-order valence-electron chi connectivity index (χ3n) is 6.35. The van der Waals surface area contributed by atoms with Gasteiger partial charge in [0.2, 0.25) is 0 Å². The summed E-state index contributed by atoms with van der Waals surface area (Å²) < 4.78 is 8.91. The monoisotopic (exact) mass is 357 g/mol. The maximum Gasteiger partial charge on any atom is 0.256 e. The molecule has 2 aliphatic heterocycles. The molecule has 0 fully saturated rings. The summed E-state index contributed by atoms with van der Waals surface area (Å²) in [5.41, 5.74) is 8.94. The van der Waals surface area contributed by atoms with Crippen LogP contribution in [0.15, 0.2) is 78.9 Å². The van der Waals surface area contributed by atoms with Crippen LogP contribution in [0.4, 0.5) is 0 Å². The van der Waals surface area contributed by atoms with Gasteiger partial charge in [-0.3, -0.25) is 0 Å². The number of nitrogens with zero attached hydrogens (tertiary/aromatic N) is 1. The van der Waals surface area contributed by atoms with Crippen LogP contribution in [0.3, 0.4) is 0 Å². The van der Waals surface area contributed by atoms with Crippen molar-refractivity contribution in [2.24, 2.45) is 0 Å². The van der Waals surface area contributed by atoms with E-state index in [0.29, 0.717) is 0 Å². The largest absolute Gasteiger partial charge is 0.458 e. The lowest BCUT2D eigenvalue weighted by Gasteiger charge is -2.33. The lowest BCUT2D eigenvalue weighted by Crippen LogP contribution is -2.58. The molecule has 0 atom stereocenters. The highest BCUT2D eigenvalue weighted by molar-refractivity contribution is 6.99. The predicted octanol–water partition coefficient (Wildman–Crippen LogP) is 4.03. The zero-order valence-corrected chi connectivity index (χ0v) is 15.4. The molecule has 0 bridgehead atoms. The normalized spacial score (nSPS) is 13.4. The topological polar surface area (TPSA) is 14.2 Å². The summed E-state index contributed by atoms with van der Waals surface area (Å²) in [5.74, 6) is 2.00. The van der Waals surface area contributed by atoms with Crippen LogP contribution in [-0.4, -0.2) is 11.3 Å². The third kappa shape index (κ3) is 1.57. The van der Waals surface area contributed by atoms with Gasteiger partial charge in [-0.2, -0.15) is 0 Å². The Hall–Kier alpha value is -3.46. The van der Waals surface area contributed by atoms with Crippen molar-refractivity contribution in [3.63, 3.8) is 0 Å². The van der Waals surface area contributed by atoms with E-state index in [2.05, 4.69) is 90.4 Å². The molecule has 5 aromatic rings. The number of aromatic nitrogens is 1. The molecule has 3 heterocycles. The van der Waals surface area contributed by atoms with Gasteiger partial charge in [0.15, 0.2) is 0 Å². The lowest BCUT2D eigenvalue weighted by molar-refractivity contribution is 0.484.